The summed E-state index contributed by atoms with van der Waals surface area (Å²) in [6.45, 7) is 2.33. The summed E-state index contributed by atoms with van der Waals surface area (Å²) in [7, 11) is -1.58. The maximum atomic E-state index is 11.6. The predicted molar refractivity (Wildman–Crippen MR) is 63.6 cm³/mol. The summed E-state index contributed by atoms with van der Waals surface area (Å²) in [5, 5.41) is 4.06. The molecule has 0 unspecified atom stereocenters. The number of hydrogen-bond acceptors (Lipinski definition) is 4. The highest BCUT2D eigenvalue weighted by molar-refractivity contribution is 7.92. The summed E-state index contributed by atoms with van der Waals surface area (Å²) in [5.41, 5.74) is 6.09. The third kappa shape index (κ3) is 3.82. The molecule has 16 heavy (non-hydrogen) atoms. The second kappa shape index (κ2) is 5.31. The van der Waals surface area contributed by atoms with E-state index in [0.29, 0.717) is 25.2 Å². The number of nitrogens with one attached hydrogen (secondary N) is 1. The molecule has 92 valence electrons. The van der Waals surface area contributed by atoms with Gasteiger partial charge in [0.15, 0.2) is 0 Å². The van der Waals surface area contributed by atoms with Gasteiger partial charge in [-0.15, -0.1) is 0 Å². The fourth-order valence-electron chi connectivity index (χ4n) is 1.35. The Hall–Kier alpha value is -1.08. The second-order valence-corrected chi connectivity index (χ2v) is 5.55. The number of nitrogens with zero attached hydrogens (tertiary/aromatic N) is 2. The Kier molecular flexibility index (Phi) is 4.31. The largest absolute Gasteiger partial charge is 0.330 e. The Morgan fingerprint density at radius 2 is 2.19 bits per heavy atom. The van der Waals surface area contributed by atoms with Crippen molar-refractivity contribution in [1.82, 2.24) is 9.78 Å². The molecule has 1 aromatic rings. The van der Waals surface area contributed by atoms with Crippen molar-refractivity contribution in [2.24, 2.45) is 12.8 Å². The molecule has 0 saturated heterocycles. The van der Waals surface area contributed by atoms with E-state index in [9.17, 15) is 8.42 Å². The van der Waals surface area contributed by atoms with Gasteiger partial charge in [-0.1, -0.05) is 0 Å². The van der Waals surface area contributed by atoms with Crippen molar-refractivity contribution < 1.29 is 8.42 Å². The van der Waals surface area contributed by atoms with Gasteiger partial charge in [0, 0.05) is 13.1 Å². The van der Waals surface area contributed by atoms with E-state index >= 15 is 0 Å². The van der Waals surface area contributed by atoms with Gasteiger partial charge in [0.25, 0.3) is 0 Å². The molecule has 0 spiro atoms. The van der Waals surface area contributed by atoms with Crippen LogP contribution in [0, 0.1) is 6.92 Å². The normalized spacial score (nSPS) is 11.7. The Bertz CT molecular complexity index is 438. The van der Waals surface area contributed by atoms with Crippen molar-refractivity contribution in [2.75, 3.05) is 17.0 Å². The van der Waals surface area contributed by atoms with Gasteiger partial charge in [-0.3, -0.25) is 9.40 Å². The van der Waals surface area contributed by atoms with Gasteiger partial charge in [-0.2, -0.15) is 5.10 Å². The van der Waals surface area contributed by atoms with E-state index < -0.39 is 10.0 Å². The molecule has 1 aromatic heterocycles. The van der Waals surface area contributed by atoms with E-state index in [-0.39, 0.29) is 5.75 Å². The zero-order valence-electron chi connectivity index (χ0n) is 9.60. The first-order valence-electron chi connectivity index (χ1n) is 5.16. The molecule has 0 aromatic carbocycles. The van der Waals surface area contributed by atoms with Crippen molar-refractivity contribution in [2.45, 2.75) is 19.8 Å². The third-order valence-electron chi connectivity index (χ3n) is 2.13. The van der Waals surface area contributed by atoms with Crippen LogP contribution >= 0.6 is 0 Å². The monoisotopic (exact) mass is 246 g/mol. The van der Waals surface area contributed by atoms with Crippen molar-refractivity contribution in [3.63, 3.8) is 0 Å². The summed E-state index contributed by atoms with van der Waals surface area (Å²) in [4.78, 5) is 0. The number of rotatable bonds is 6. The number of hydrogen-bond donors (Lipinski definition) is 2. The third-order valence-corrected chi connectivity index (χ3v) is 3.48. The van der Waals surface area contributed by atoms with Crippen LogP contribution in [0.2, 0.25) is 0 Å². The number of aryl methyl sites for hydroxylation is 2. The van der Waals surface area contributed by atoms with Crippen LogP contribution in [-0.4, -0.2) is 30.5 Å². The lowest BCUT2D eigenvalue weighted by atomic mass is 10.3. The molecule has 0 fully saturated rings. The van der Waals surface area contributed by atoms with Crippen molar-refractivity contribution in [3.8, 4) is 0 Å². The number of unbranched alkanes of at least 4 members (excludes halogenated alkanes) is 1. The fraction of sp³-hybridized carbons (Fsp3) is 0.667. The smallest absolute Gasteiger partial charge is 0.233 e. The summed E-state index contributed by atoms with van der Waals surface area (Å²) < 4.78 is 27.3. The standard InChI is InChI=1S/C9H18N4O2S/c1-8-7-9(13(2)11-8)12-16(14,15)6-4-3-5-10/h7,12H,3-6,10H2,1-2H3. The zero-order chi connectivity index (χ0) is 12.2. The lowest BCUT2D eigenvalue weighted by Crippen LogP contribution is -2.19. The molecule has 0 radical (unpaired) electrons. The Labute approximate surface area is 95.9 Å². The van der Waals surface area contributed by atoms with Crippen LogP contribution in [0.5, 0.6) is 0 Å². The topological polar surface area (TPSA) is 90.0 Å². The van der Waals surface area contributed by atoms with Crippen molar-refractivity contribution in [1.29, 1.82) is 0 Å². The average molecular weight is 246 g/mol. The summed E-state index contributed by atoms with van der Waals surface area (Å²) >= 11 is 0. The highest BCUT2D eigenvalue weighted by atomic mass is 32.2. The van der Waals surface area contributed by atoms with E-state index in [1.54, 1.807) is 13.1 Å². The lowest BCUT2D eigenvalue weighted by molar-refractivity contribution is 0.596. The molecule has 7 heteroatoms. The highest BCUT2D eigenvalue weighted by Crippen LogP contribution is 2.10. The Morgan fingerprint density at radius 3 is 2.69 bits per heavy atom. The molecule has 3 N–H and O–H groups in total. The van der Waals surface area contributed by atoms with Gasteiger partial charge >= 0.3 is 0 Å². The molecular formula is C9H18N4O2S. The van der Waals surface area contributed by atoms with Crippen LogP contribution in [0.4, 0.5) is 5.82 Å². The Morgan fingerprint density at radius 1 is 1.50 bits per heavy atom. The van der Waals surface area contributed by atoms with Crippen LogP contribution in [0.25, 0.3) is 0 Å². The SMILES string of the molecule is Cc1cc(NS(=O)(=O)CCCCN)n(C)n1. The molecule has 6 nitrogen and oxygen atoms in total. The molecule has 0 aliphatic heterocycles. The van der Waals surface area contributed by atoms with E-state index in [1.165, 1.54) is 4.68 Å². The molecule has 0 saturated carbocycles. The number of aromatic nitrogens is 2. The van der Waals surface area contributed by atoms with Crippen LogP contribution in [-0.2, 0) is 17.1 Å². The van der Waals surface area contributed by atoms with E-state index in [0.717, 1.165) is 5.69 Å². The van der Waals surface area contributed by atoms with Gasteiger partial charge in [0.2, 0.25) is 10.0 Å². The van der Waals surface area contributed by atoms with Gasteiger partial charge in [0.1, 0.15) is 5.82 Å². The molecule has 1 heterocycles. The minimum absolute atomic E-state index is 0.0917. The van der Waals surface area contributed by atoms with Crippen LogP contribution < -0.4 is 10.5 Å². The van der Waals surface area contributed by atoms with Crippen LogP contribution in [0.3, 0.4) is 0 Å². The maximum absolute atomic E-state index is 11.6. The summed E-state index contributed by atoms with van der Waals surface area (Å²) in [6.07, 6.45) is 1.29. The first kappa shape index (κ1) is 13.0. The molecule has 0 amide bonds. The van der Waals surface area contributed by atoms with Gasteiger partial charge < -0.3 is 5.73 Å². The molecule has 0 aliphatic carbocycles. The first-order chi connectivity index (χ1) is 7.44. The van der Waals surface area contributed by atoms with Crippen LogP contribution in [0.1, 0.15) is 18.5 Å². The average Bonchev–Trinajstić information content (AvgIpc) is 2.44. The zero-order valence-corrected chi connectivity index (χ0v) is 10.4. The maximum Gasteiger partial charge on any atom is 0.233 e. The van der Waals surface area contributed by atoms with E-state index in [1.807, 2.05) is 6.92 Å². The summed E-state index contributed by atoms with van der Waals surface area (Å²) in [6, 6.07) is 1.69. The van der Waals surface area contributed by atoms with E-state index in [4.69, 9.17) is 5.73 Å². The van der Waals surface area contributed by atoms with Gasteiger partial charge in [0.05, 0.1) is 11.4 Å². The summed E-state index contributed by atoms with van der Waals surface area (Å²) in [5.74, 6) is 0.583. The molecule has 0 atom stereocenters. The first-order valence-corrected chi connectivity index (χ1v) is 6.81. The highest BCUT2D eigenvalue weighted by Gasteiger charge is 2.12. The molecular weight excluding hydrogens is 228 g/mol. The lowest BCUT2D eigenvalue weighted by Gasteiger charge is -2.07. The molecule has 0 bridgehead atoms. The molecule has 0 aliphatic rings. The van der Waals surface area contributed by atoms with E-state index in [2.05, 4.69) is 9.82 Å². The second-order valence-electron chi connectivity index (χ2n) is 3.71. The minimum Gasteiger partial charge on any atom is -0.330 e. The van der Waals surface area contributed by atoms with Crippen molar-refractivity contribution >= 4 is 15.8 Å². The number of nitrogens with two attached hydrogens (primary N) is 1. The quantitative estimate of drug-likeness (QED) is 0.702. The van der Waals surface area contributed by atoms with Crippen molar-refractivity contribution in [3.05, 3.63) is 11.8 Å². The van der Waals surface area contributed by atoms with Gasteiger partial charge in [-0.25, -0.2) is 8.42 Å². The predicted octanol–water partition coefficient (Wildman–Crippen LogP) is 0.209. The minimum atomic E-state index is -3.28. The molecule has 1 rings (SSSR count). The van der Waals surface area contributed by atoms with Gasteiger partial charge in [-0.05, 0) is 26.3 Å². The fourth-order valence-corrected chi connectivity index (χ4v) is 2.55. The van der Waals surface area contributed by atoms with Crippen LogP contribution in [0.15, 0.2) is 6.07 Å². The Balaban J connectivity index is 2.62. The number of anilines is 1. The number of sulfonamides is 1.